The molecule has 2 rings (SSSR count). The van der Waals surface area contributed by atoms with E-state index in [1.165, 1.54) is 0 Å². The minimum absolute atomic E-state index is 0.267. The van der Waals surface area contributed by atoms with Crippen molar-refractivity contribution in [2.24, 2.45) is 5.73 Å². The molecule has 1 heterocycles. The Morgan fingerprint density at radius 3 is 2.63 bits per heavy atom. The molecule has 0 fully saturated rings. The van der Waals surface area contributed by atoms with E-state index in [4.69, 9.17) is 22.4 Å². The van der Waals surface area contributed by atoms with Crippen molar-refractivity contribution < 1.29 is 9.21 Å². The van der Waals surface area contributed by atoms with E-state index in [0.717, 1.165) is 5.56 Å². The van der Waals surface area contributed by atoms with E-state index in [2.05, 4.69) is 21.2 Å². The second kappa shape index (κ2) is 5.54. The van der Waals surface area contributed by atoms with E-state index in [0.29, 0.717) is 20.9 Å². The zero-order valence-corrected chi connectivity index (χ0v) is 12.5. The Morgan fingerprint density at radius 1 is 1.37 bits per heavy atom. The van der Waals surface area contributed by atoms with E-state index in [1.807, 2.05) is 0 Å². The Morgan fingerprint density at radius 2 is 2.11 bits per heavy atom. The van der Waals surface area contributed by atoms with E-state index >= 15 is 0 Å². The molecule has 6 heteroatoms. The lowest BCUT2D eigenvalue weighted by Gasteiger charge is -2.07. The molecule has 1 amide bonds. The summed E-state index contributed by atoms with van der Waals surface area (Å²) in [7, 11) is 0. The molecule has 19 heavy (non-hydrogen) atoms. The van der Waals surface area contributed by atoms with Gasteiger partial charge in [0.05, 0.1) is 5.69 Å². The number of carbonyl (C=O) groups is 1. The standard InChI is InChI=1S/C13H11BrN2O2S/c1-7-2-5-11(18-7)13(17)16-10-4-3-8(12(15)19)6-9(10)14/h2-6H,1H3,(H2,15,19)(H,16,17). The molecule has 0 bridgehead atoms. The van der Waals surface area contributed by atoms with Gasteiger partial charge < -0.3 is 15.5 Å². The Bertz CT molecular complexity index is 652. The van der Waals surface area contributed by atoms with Crippen LogP contribution in [0.4, 0.5) is 5.69 Å². The SMILES string of the molecule is Cc1ccc(C(=O)Nc2ccc(C(N)=S)cc2Br)o1. The van der Waals surface area contributed by atoms with Gasteiger partial charge in [0.25, 0.3) is 5.91 Å². The smallest absolute Gasteiger partial charge is 0.291 e. The first-order valence-corrected chi connectivity index (χ1v) is 6.64. The molecule has 1 aromatic carbocycles. The highest BCUT2D eigenvalue weighted by molar-refractivity contribution is 9.10. The van der Waals surface area contributed by atoms with Crippen molar-refractivity contribution in [1.29, 1.82) is 0 Å². The summed E-state index contributed by atoms with van der Waals surface area (Å²) >= 11 is 8.25. The van der Waals surface area contributed by atoms with Gasteiger partial charge in [0.2, 0.25) is 0 Å². The van der Waals surface area contributed by atoms with Crippen LogP contribution < -0.4 is 11.1 Å². The number of furan rings is 1. The monoisotopic (exact) mass is 338 g/mol. The molecular weight excluding hydrogens is 328 g/mol. The van der Waals surface area contributed by atoms with Crippen molar-refractivity contribution in [3.8, 4) is 0 Å². The summed E-state index contributed by atoms with van der Waals surface area (Å²) in [6.45, 7) is 1.78. The number of carbonyl (C=O) groups excluding carboxylic acids is 1. The van der Waals surface area contributed by atoms with Crippen LogP contribution in [-0.2, 0) is 0 Å². The Kier molecular flexibility index (Phi) is 4.01. The number of nitrogens with two attached hydrogens (primary N) is 1. The summed E-state index contributed by atoms with van der Waals surface area (Å²) in [6.07, 6.45) is 0. The van der Waals surface area contributed by atoms with Gasteiger partial charge in [-0.1, -0.05) is 12.2 Å². The van der Waals surface area contributed by atoms with Crippen LogP contribution in [0, 0.1) is 6.92 Å². The van der Waals surface area contributed by atoms with Gasteiger partial charge in [-0.3, -0.25) is 4.79 Å². The third-order valence-electron chi connectivity index (χ3n) is 2.47. The van der Waals surface area contributed by atoms with E-state index < -0.39 is 0 Å². The van der Waals surface area contributed by atoms with Crippen LogP contribution in [0.2, 0.25) is 0 Å². The second-order valence-corrected chi connectivity index (χ2v) is 5.22. The van der Waals surface area contributed by atoms with Crippen molar-refractivity contribution in [3.63, 3.8) is 0 Å². The van der Waals surface area contributed by atoms with Crippen molar-refractivity contribution in [2.45, 2.75) is 6.92 Å². The fraction of sp³-hybridized carbons (Fsp3) is 0.0769. The number of halogens is 1. The zero-order chi connectivity index (χ0) is 14.0. The number of rotatable bonds is 3. The zero-order valence-electron chi connectivity index (χ0n) is 10.1. The number of amides is 1. The van der Waals surface area contributed by atoms with Crippen LogP contribution in [0.15, 0.2) is 39.2 Å². The van der Waals surface area contributed by atoms with Gasteiger partial charge in [0, 0.05) is 10.0 Å². The molecule has 0 unspecified atom stereocenters. The quantitative estimate of drug-likeness (QED) is 0.843. The van der Waals surface area contributed by atoms with Gasteiger partial charge in [0.1, 0.15) is 10.7 Å². The molecule has 0 atom stereocenters. The fourth-order valence-electron chi connectivity index (χ4n) is 1.51. The highest BCUT2D eigenvalue weighted by atomic mass is 79.9. The molecule has 2 aromatic rings. The minimum atomic E-state index is -0.308. The third kappa shape index (κ3) is 3.21. The predicted octanol–water partition coefficient (Wildman–Crippen LogP) is 3.24. The highest BCUT2D eigenvalue weighted by Crippen LogP contribution is 2.24. The molecule has 0 saturated carbocycles. The molecule has 0 radical (unpaired) electrons. The highest BCUT2D eigenvalue weighted by Gasteiger charge is 2.12. The summed E-state index contributed by atoms with van der Waals surface area (Å²) in [5, 5.41) is 2.74. The lowest BCUT2D eigenvalue weighted by molar-refractivity contribution is 0.0995. The maximum atomic E-state index is 11.9. The Hall–Kier alpha value is -1.66. The van der Waals surface area contributed by atoms with Gasteiger partial charge in [-0.15, -0.1) is 0 Å². The molecule has 1 aromatic heterocycles. The fourth-order valence-corrected chi connectivity index (χ4v) is 2.12. The number of aryl methyl sites for hydroxylation is 1. The Labute approximate surface area is 124 Å². The molecule has 0 aliphatic rings. The number of nitrogens with one attached hydrogen (secondary N) is 1. The molecule has 3 N–H and O–H groups in total. The van der Waals surface area contributed by atoms with E-state index in [9.17, 15) is 4.79 Å². The van der Waals surface area contributed by atoms with Crippen LogP contribution in [0.1, 0.15) is 21.9 Å². The first-order chi connectivity index (χ1) is 8.97. The predicted molar refractivity (Wildman–Crippen MR) is 81.4 cm³/mol. The molecule has 0 aliphatic carbocycles. The van der Waals surface area contributed by atoms with Crippen LogP contribution in [0.3, 0.4) is 0 Å². The summed E-state index contributed by atoms with van der Waals surface area (Å²) in [6, 6.07) is 8.59. The number of thiocarbonyl (C=S) groups is 1. The van der Waals surface area contributed by atoms with Crippen molar-refractivity contribution in [2.75, 3.05) is 5.32 Å². The number of anilines is 1. The maximum absolute atomic E-state index is 11.9. The van der Waals surface area contributed by atoms with Crippen LogP contribution in [0.25, 0.3) is 0 Å². The third-order valence-corrected chi connectivity index (χ3v) is 3.36. The van der Waals surface area contributed by atoms with Crippen molar-refractivity contribution >= 4 is 44.7 Å². The van der Waals surface area contributed by atoms with E-state index in [-0.39, 0.29) is 11.7 Å². The van der Waals surface area contributed by atoms with Gasteiger partial charge in [0.15, 0.2) is 5.76 Å². The summed E-state index contributed by atoms with van der Waals surface area (Å²) in [5.74, 6) is 0.646. The average Bonchev–Trinajstić information content (AvgIpc) is 2.78. The minimum Gasteiger partial charge on any atom is -0.456 e. The van der Waals surface area contributed by atoms with Crippen LogP contribution in [-0.4, -0.2) is 10.9 Å². The Balaban J connectivity index is 2.20. The van der Waals surface area contributed by atoms with E-state index in [1.54, 1.807) is 37.3 Å². The van der Waals surface area contributed by atoms with Crippen LogP contribution >= 0.6 is 28.1 Å². The molecule has 4 nitrogen and oxygen atoms in total. The second-order valence-electron chi connectivity index (χ2n) is 3.92. The summed E-state index contributed by atoms with van der Waals surface area (Å²) in [4.78, 5) is 12.2. The van der Waals surface area contributed by atoms with Crippen molar-refractivity contribution in [1.82, 2.24) is 0 Å². The molecule has 0 spiro atoms. The normalized spacial score (nSPS) is 10.2. The van der Waals surface area contributed by atoms with Crippen LogP contribution in [0.5, 0.6) is 0 Å². The molecule has 98 valence electrons. The lowest BCUT2D eigenvalue weighted by Crippen LogP contribution is -2.13. The van der Waals surface area contributed by atoms with Crippen molar-refractivity contribution in [3.05, 3.63) is 51.9 Å². The van der Waals surface area contributed by atoms with Gasteiger partial charge in [-0.25, -0.2) is 0 Å². The summed E-state index contributed by atoms with van der Waals surface area (Å²) < 4.78 is 5.95. The van der Waals surface area contributed by atoms with Gasteiger partial charge in [-0.2, -0.15) is 0 Å². The lowest BCUT2D eigenvalue weighted by atomic mass is 10.2. The molecular formula is C13H11BrN2O2S. The molecule has 0 saturated heterocycles. The average molecular weight is 339 g/mol. The number of benzene rings is 1. The first kappa shape index (κ1) is 13.8. The number of hydrogen-bond acceptors (Lipinski definition) is 3. The first-order valence-electron chi connectivity index (χ1n) is 5.44. The van der Waals surface area contributed by atoms with Gasteiger partial charge in [-0.05, 0) is 53.2 Å². The number of hydrogen-bond donors (Lipinski definition) is 2. The largest absolute Gasteiger partial charge is 0.456 e. The summed E-state index contributed by atoms with van der Waals surface area (Å²) in [5.41, 5.74) is 6.89. The van der Waals surface area contributed by atoms with Gasteiger partial charge >= 0.3 is 0 Å². The maximum Gasteiger partial charge on any atom is 0.291 e. The molecule has 0 aliphatic heterocycles. The topological polar surface area (TPSA) is 68.3 Å².